The molecule has 0 aliphatic heterocycles. The zero-order valence-corrected chi connectivity index (χ0v) is 20.1. The summed E-state index contributed by atoms with van der Waals surface area (Å²) >= 11 is 1.15. The first-order chi connectivity index (χ1) is 14.5. The molecule has 2 rings (SSSR count). The SMILES string of the molecule is CC[C@H](C)[C@H](NC(=O)OC(C)(C)C)c1nnc(SCC(=O)Nc2cccc(C)c2C)o1. The summed E-state index contributed by atoms with van der Waals surface area (Å²) in [5.41, 5.74) is 2.32. The second-order valence-electron chi connectivity index (χ2n) is 8.50. The van der Waals surface area contributed by atoms with E-state index in [1.165, 1.54) is 0 Å². The van der Waals surface area contributed by atoms with Gasteiger partial charge in [0.2, 0.25) is 11.8 Å². The van der Waals surface area contributed by atoms with Crippen molar-refractivity contribution in [1.29, 1.82) is 0 Å². The Hall–Kier alpha value is -2.55. The summed E-state index contributed by atoms with van der Waals surface area (Å²) in [4.78, 5) is 24.6. The molecule has 2 N–H and O–H groups in total. The fourth-order valence-electron chi connectivity index (χ4n) is 2.72. The summed E-state index contributed by atoms with van der Waals surface area (Å²) in [6.07, 6.45) is 0.252. The van der Waals surface area contributed by atoms with E-state index in [0.29, 0.717) is 0 Å². The van der Waals surface area contributed by atoms with Crippen molar-refractivity contribution in [3.05, 3.63) is 35.2 Å². The standard InChI is InChI=1S/C22H32N4O4S/c1-8-13(2)18(24-20(28)30-22(5,6)7)19-25-26-21(29-19)31-12-17(27)23-16-11-9-10-14(3)15(16)4/h9-11,13,18H,8,12H2,1-7H3,(H,23,27)(H,24,28)/t13-,18-/m0/s1. The van der Waals surface area contributed by atoms with Gasteiger partial charge in [0.05, 0.1) is 5.75 Å². The molecule has 2 atom stereocenters. The number of rotatable bonds is 8. The van der Waals surface area contributed by atoms with Crippen LogP contribution in [0, 0.1) is 19.8 Å². The Balaban J connectivity index is 2.00. The number of nitrogens with zero attached hydrogens (tertiary/aromatic N) is 2. The molecule has 0 bridgehead atoms. The van der Waals surface area contributed by atoms with E-state index in [2.05, 4.69) is 20.8 Å². The molecule has 170 valence electrons. The highest BCUT2D eigenvalue weighted by Crippen LogP contribution is 2.27. The monoisotopic (exact) mass is 448 g/mol. The quantitative estimate of drug-likeness (QED) is 0.546. The van der Waals surface area contributed by atoms with Gasteiger partial charge < -0.3 is 19.8 Å². The molecule has 0 aliphatic rings. The number of carbonyl (C=O) groups excluding carboxylic acids is 2. The van der Waals surface area contributed by atoms with Gasteiger partial charge in [0.15, 0.2) is 0 Å². The van der Waals surface area contributed by atoms with Crippen molar-refractivity contribution in [1.82, 2.24) is 15.5 Å². The van der Waals surface area contributed by atoms with Gasteiger partial charge in [-0.1, -0.05) is 44.2 Å². The van der Waals surface area contributed by atoms with Gasteiger partial charge in [-0.3, -0.25) is 4.79 Å². The lowest BCUT2D eigenvalue weighted by molar-refractivity contribution is -0.113. The molecule has 2 aromatic rings. The zero-order valence-electron chi connectivity index (χ0n) is 19.2. The third-order valence-corrected chi connectivity index (χ3v) is 5.60. The van der Waals surface area contributed by atoms with Crippen LogP contribution in [-0.2, 0) is 9.53 Å². The molecule has 0 saturated heterocycles. The number of thioether (sulfide) groups is 1. The maximum atomic E-state index is 12.3. The van der Waals surface area contributed by atoms with Gasteiger partial charge >= 0.3 is 6.09 Å². The van der Waals surface area contributed by atoms with Crippen LogP contribution < -0.4 is 10.6 Å². The summed E-state index contributed by atoms with van der Waals surface area (Å²) in [6, 6.07) is 5.29. The second kappa shape index (κ2) is 10.7. The molecule has 1 aromatic carbocycles. The molecular weight excluding hydrogens is 416 g/mol. The fraction of sp³-hybridized carbons (Fsp3) is 0.545. The van der Waals surface area contributed by atoms with Crippen LogP contribution in [0.15, 0.2) is 27.8 Å². The maximum Gasteiger partial charge on any atom is 0.408 e. The number of hydrogen-bond donors (Lipinski definition) is 2. The normalized spacial score (nSPS) is 13.4. The third kappa shape index (κ3) is 7.57. The Morgan fingerprint density at radius 3 is 2.58 bits per heavy atom. The fourth-order valence-corrected chi connectivity index (χ4v) is 3.29. The maximum absolute atomic E-state index is 12.3. The Morgan fingerprint density at radius 2 is 1.94 bits per heavy atom. The molecule has 2 amide bonds. The van der Waals surface area contributed by atoms with Crippen molar-refractivity contribution in [2.24, 2.45) is 5.92 Å². The predicted octanol–water partition coefficient (Wildman–Crippen LogP) is 5.03. The van der Waals surface area contributed by atoms with Crippen LogP contribution in [0.25, 0.3) is 0 Å². The van der Waals surface area contributed by atoms with Crippen molar-refractivity contribution in [2.75, 3.05) is 11.1 Å². The van der Waals surface area contributed by atoms with Crippen molar-refractivity contribution in [2.45, 2.75) is 71.8 Å². The number of aromatic nitrogens is 2. The van der Waals surface area contributed by atoms with Crippen molar-refractivity contribution >= 4 is 29.4 Å². The predicted molar refractivity (Wildman–Crippen MR) is 121 cm³/mol. The van der Waals surface area contributed by atoms with E-state index < -0.39 is 17.7 Å². The summed E-state index contributed by atoms with van der Waals surface area (Å²) in [5.74, 6) is 0.308. The Kier molecular flexibility index (Phi) is 8.50. The highest BCUT2D eigenvalue weighted by Gasteiger charge is 2.28. The number of amides is 2. The molecule has 9 heteroatoms. The van der Waals surface area contributed by atoms with E-state index in [-0.39, 0.29) is 28.7 Å². The van der Waals surface area contributed by atoms with Gasteiger partial charge in [0.1, 0.15) is 11.6 Å². The van der Waals surface area contributed by atoms with Gasteiger partial charge in [-0.05, 0) is 57.7 Å². The number of anilines is 1. The number of nitrogens with one attached hydrogen (secondary N) is 2. The summed E-state index contributed by atoms with van der Waals surface area (Å²) < 4.78 is 11.1. The molecule has 0 fully saturated rings. The van der Waals surface area contributed by atoms with Gasteiger partial charge in [-0.25, -0.2) is 4.79 Å². The molecule has 8 nitrogen and oxygen atoms in total. The summed E-state index contributed by atoms with van der Waals surface area (Å²) in [7, 11) is 0. The molecule has 0 saturated carbocycles. The van der Waals surface area contributed by atoms with Gasteiger partial charge in [-0.15, -0.1) is 10.2 Å². The van der Waals surface area contributed by atoms with E-state index in [4.69, 9.17) is 9.15 Å². The minimum Gasteiger partial charge on any atom is -0.444 e. The van der Waals surface area contributed by atoms with E-state index >= 15 is 0 Å². The lowest BCUT2D eigenvalue weighted by atomic mass is 9.99. The average molecular weight is 449 g/mol. The van der Waals surface area contributed by atoms with E-state index in [1.54, 1.807) is 20.8 Å². The molecule has 1 heterocycles. The van der Waals surface area contributed by atoms with Gasteiger partial charge in [0, 0.05) is 5.69 Å². The molecule has 0 aliphatic carbocycles. The zero-order chi connectivity index (χ0) is 23.2. The number of ether oxygens (including phenoxy) is 1. The van der Waals surface area contributed by atoms with E-state index in [1.807, 2.05) is 45.9 Å². The summed E-state index contributed by atoms with van der Waals surface area (Å²) in [6.45, 7) is 13.4. The third-order valence-electron chi connectivity index (χ3n) is 4.78. The highest BCUT2D eigenvalue weighted by molar-refractivity contribution is 7.99. The van der Waals surface area contributed by atoms with Crippen LogP contribution in [0.2, 0.25) is 0 Å². The lowest BCUT2D eigenvalue weighted by Gasteiger charge is -2.24. The smallest absolute Gasteiger partial charge is 0.408 e. The second-order valence-corrected chi connectivity index (χ2v) is 9.43. The lowest BCUT2D eigenvalue weighted by Crippen LogP contribution is -2.37. The molecule has 0 radical (unpaired) electrons. The van der Waals surface area contributed by atoms with Crippen LogP contribution in [0.3, 0.4) is 0 Å². The van der Waals surface area contributed by atoms with Crippen LogP contribution in [0.1, 0.15) is 64.1 Å². The van der Waals surface area contributed by atoms with Gasteiger partial charge in [0.25, 0.3) is 5.22 Å². The van der Waals surface area contributed by atoms with Crippen molar-refractivity contribution in [3.8, 4) is 0 Å². The molecule has 1 aromatic heterocycles. The van der Waals surface area contributed by atoms with Gasteiger partial charge in [-0.2, -0.15) is 0 Å². The number of aryl methyl sites for hydroxylation is 1. The van der Waals surface area contributed by atoms with Crippen molar-refractivity contribution < 1.29 is 18.7 Å². The molecule has 31 heavy (non-hydrogen) atoms. The van der Waals surface area contributed by atoms with Crippen LogP contribution in [-0.4, -0.2) is 33.6 Å². The first-order valence-electron chi connectivity index (χ1n) is 10.3. The number of benzene rings is 1. The van der Waals surface area contributed by atoms with Crippen molar-refractivity contribution in [3.63, 3.8) is 0 Å². The van der Waals surface area contributed by atoms with Crippen LogP contribution in [0.5, 0.6) is 0 Å². The molecule has 0 spiro atoms. The Morgan fingerprint density at radius 1 is 1.23 bits per heavy atom. The largest absolute Gasteiger partial charge is 0.444 e. The Bertz CT molecular complexity index is 907. The first kappa shape index (κ1) is 24.7. The minimum absolute atomic E-state index is 0.0541. The van der Waals surface area contributed by atoms with Crippen LogP contribution in [0.4, 0.5) is 10.5 Å². The first-order valence-corrected chi connectivity index (χ1v) is 11.3. The topological polar surface area (TPSA) is 106 Å². The van der Waals surface area contributed by atoms with E-state index in [9.17, 15) is 9.59 Å². The highest BCUT2D eigenvalue weighted by atomic mass is 32.2. The number of hydrogen-bond acceptors (Lipinski definition) is 7. The summed E-state index contributed by atoms with van der Waals surface area (Å²) in [5, 5.41) is 14.1. The van der Waals surface area contributed by atoms with Crippen LogP contribution >= 0.6 is 11.8 Å². The number of carbonyl (C=O) groups is 2. The molecule has 0 unspecified atom stereocenters. The number of alkyl carbamates (subject to hydrolysis) is 1. The minimum atomic E-state index is -0.608. The Labute approximate surface area is 187 Å². The molecular formula is C22H32N4O4S. The average Bonchev–Trinajstić information content (AvgIpc) is 3.15. The van der Waals surface area contributed by atoms with E-state index in [0.717, 1.165) is 35.0 Å².